The second kappa shape index (κ2) is 2.47. The van der Waals surface area contributed by atoms with Crippen LogP contribution in [0.5, 0.6) is 0 Å². The summed E-state index contributed by atoms with van der Waals surface area (Å²) >= 11 is 0. The first kappa shape index (κ1) is 8.55. The molecule has 12 heavy (non-hydrogen) atoms. The van der Waals surface area contributed by atoms with Crippen molar-refractivity contribution in [1.29, 1.82) is 0 Å². The van der Waals surface area contributed by atoms with Crippen LogP contribution in [0.4, 0.5) is 0 Å². The smallest absolute Gasteiger partial charge is 0.00953 e. The number of rotatable bonds is 1. The number of hydrogen-bond donors (Lipinski definition) is 1. The lowest BCUT2D eigenvalue weighted by Gasteiger charge is -2.62. The van der Waals surface area contributed by atoms with Crippen LogP contribution in [0.15, 0.2) is 0 Å². The van der Waals surface area contributed by atoms with Crippen molar-refractivity contribution in [2.75, 3.05) is 7.05 Å². The summed E-state index contributed by atoms with van der Waals surface area (Å²) in [7, 11) is 2.11. The van der Waals surface area contributed by atoms with Crippen LogP contribution in [0, 0.1) is 23.2 Å². The molecule has 0 radical (unpaired) electrons. The summed E-state index contributed by atoms with van der Waals surface area (Å²) in [6.45, 7) is 7.32. The molecule has 0 aromatic rings. The largest absolute Gasteiger partial charge is 0.317 e. The summed E-state index contributed by atoms with van der Waals surface area (Å²) in [5.74, 6) is 2.86. The summed E-state index contributed by atoms with van der Waals surface area (Å²) in [4.78, 5) is 0. The topological polar surface area (TPSA) is 12.0 Å². The maximum Gasteiger partial charge on any atom is 0.00953 e. The van der Waals surface area contributed by atoms with Gasteiger partial charge in [-0.2, -0.15) is 0 Å². The second-order valence-electron chi connectivity index (χ2n) is 5.35. The molecule has 3 saturated carbocycles. The van der Waals surface area contributed by atoms with Crippen molar-refractivity contribution in [2.24, 2.45) is 23.2 Å². The van der Waals surface area contributed by atoms with E-state index in [0.717, 1.165) is 23.8 Å². The molecule has 2 bridgehead atoms. The van der Waals surface area contributed by atoms with Crippen LogP contribution in [0.25, 0.3) is 0 Å². The fraction of sp³-hybridized carbons (Fsp3) is 1.00. The molecular weight excluding hydrogens is 146 g/mol. The third-order valence-electron chi connectivity index (χ3n) is 4.72. The zero-order valence-corrected chi connectivity index (χ0v) is 8.72. The standard InChI is InChI=1S/C11H21N/c1-7-9-5-8(11(9,2)3)6-10(7)12-4/h7-10,12H,5-6H2,1-4H3/t7-,8-,9-,10?/m1/s1. The molecule has 0 aromatic heterocycles. The number of fused-ring (bicyclic) bond motifs is 2. The van der Waals surface area contributed by atoms with Crippen molar-refractivity contribution >= 4 is 0 Å². The molecule has 1 heteroatoms. The maximum absolute atomic E-state index is 3.45. The molecule has 0 aromatic carbocycles. The third kappa shape index (κ3) is 0.891. The maximum atomic E-state index is 3.45. The minimum Gasteiger partial charge on any atom is -0.317 e. The summed E-state index contributed by atoms with van der Waals surface area (Å²) < 4.78 is 0. The van der Waals surface area contributed by atoms with Crippen LogP contribution in [0.2, 0.25) is 0 Å². The van der Waals surface area contributed by atoms with E-state index in [1.807, 2.05) is 0 Å². The van der Waals surface area contributed by atoms with Gasteiger partial charge in [0, 0.05) is 6.04 Å². The lowest BCUT2D eigenvalue weighted by Crippen LogP contribution is -2.59. The molecule has 0 spiro atoms. The van der Waals surface area contributed by atoms with Crippen LogP contribution in [-0.4, -0.2) is 13.1 Å². The molecule has 4 atom stereocenters. The normalized spacial score (nSPS) is 50.0. The van der Waals surface area contributed by atoms with E-state index in [1.54, 1.807) is 0 Å². The van der Waals surface area contributed by atoms with Gasteiger partial charge in [-0.1, -0.05) is 20.8 Å². The van der Waals surface area contributed by atoms with Gasteiger partial charge in [0.05, 0.1) is 0 Å². The van der Waals surface area contributed by atoms with Gasteiger partial charge in [0.2, 0.25) is 0 Å². The Labute approximate surface area is 75.9 Å². The van der Waals surface area contributed by atoms with Crippen LogP contribution < -0.4 is 5.32 Å². The molecular formula is C11H21N. The molecule has 3 aliphatic rings. The molecule has 3 fully saturated rings. The second-order valence-corrected chi connectivity index (χ2v) is 5.35. The van der Waals surface area contributed by atoms with E-state index in [0.29, 0.717) is 5.41 Å². The Bertz CT molecular complexity index is 185. The Hall–Kier alpha value is -0.0400. The summed E-state index contributed by atoms with van der Waals surface area (Å²) in [5, 5.41) is 3.45. The lowest BCUT2D eigenvalue weighted by atomic mass is 9.45. The van der Waals surface area contributed by atoms with Crippen LogP contribution >= 0.6 is 0 Å². The molecule has 0 saturated heterocycles. The molecule has 1 nitrogen and oxygen atoms in total. The van der Waals surface area contributed by atoms with E-state index in [2.05, 4.69) is 33.1 Å². The van der Waals surface area contributed by atoms with Gasteiger partial charge in [-0.05, 0) is 43.1 Å². The quantitative estimate of drug-likeness (QED) is 0.632. The monoisotopic (exact) mass is 167 g/mol. The zero-order valence-electron chi connectivity index (χ0n) is 8.72. The molecule has 3 rings (SSSR count). The predicted molar refractivity (Wildman–Crippen MR) is 52.0 cm³/mol. The zero-order chi connectivity index (χ0) is 8.93. The van der Waals surface area contributed by atoms with E-state index in [9.17, 15) is 0 Å². The van der Waals surface area contributed by atoms with Gasteiger partial charge in [0.25, 0.3) is 0 Å². The molecule has 0 heterocycles. The first-order valence-corrected chi connectivity index (χ1v) is 5.24. The van der Waals surface area contributed by atoms with Gasteiger partial charge in [-0.3, -0.25) is 0 Å². The van der Waals surface area contributed by atoms with E-state index >= 15 is 0 Å². The van der Waals surface area contributed by atoms with Gasteiger partial charge in [-0.15, -0.1) is 0 Å². The summed E-state index contributed by atoms with van der Waals surface area (Å²) in [6, 6.07) is 0.793. The van der Waals surface area contributed by atoms with Crippen molar-refractivity contribution in [3.63, 3.8) is 0 Å². The highest BCUT2D eigenvalue weighted by Gasteiger charge is 2.55. The summed E-state index contributed by atoms with van der Waals surface area (Å²) in [6.07, 6.45) is 2.90. The van der Waals surface area contributed by atoms with Gasteiger partial charge in [0.15, 0.2) is 0 Å². The fourth-order valence-electron chi connectivity index (χ4n) is 3.53. The molecule has 1 unspecified atom stereocenters. The first-order valence-electron chi connectivity index (χ1n) is 5.24. The Morgan fingerprint density at radius 1 is 1.25 bits per heavy atom. The molecule has 0 aliphatic heterocycles. The summed E-state index contributed by atoms with van der Waals surface area (Å²) in [5.41, 5.74) is 0.646. The predicted octanol–water partition coefficient (Wildman–Crippen LogP) is 2.28. The average molecular weight is 167 g/mol. The Morgan fingerprint density at radius 3 is 2.33 bits per heavy atom. The highest BCUT2D eigenvalue weighted by Crippen LogP contribution is 2.61. The minimum absolute atomic E-state index is 0.646. The van der Waals surface area contributed by atoms with Crippen LogP contribution in [0.3, 0.4) is 0 Å². The minimum atomic E-state index is 0.646. The molecule has 3 aliphatic carbocycles. The van der Waals surface area contributed by atoms with E-state index in [1.165, 1.54) is 12.8 Å². The van der Waals surface area contributed by atoms with Crippen molar-refractivity contribution < 1.29 is 0 Å². The third-order valence-corrected chi connectivity index (χ3v) is 4.72. The number of hydrogen-bond acceptors (Lipinski definition) is 1. The SMILES string of the molecule is CNC1C[C@H]2C[C@H]([C@H]1C)C2(C)C. The Morgan fingerprint density at radius 2 is 1.92 bits per heavy atom. The Balaban J connectivity index is 2.11. The Kier molecular flexibility index (Phi) is 1.76. The van der Waals surface area contributed by atoms with Crippen molar-refractivity contribution in [2.45, 2.75) is 39.7 Å². The van der Waals surface area contributed by atoms with Crippen LogP contribution in [0.1, 0.15) is 33.6 Å². The highest BCUT2D eigenvalue weighted by molar-refractivity contribution is 5.06. The average Bonchev–Trinajstić information content (AvgIpc) is 2.03. The van der Waals surface area contributed by atoms with Gasteiger partial charge >= 0.3 is 0 Å². The highest BCUT2D eigenvalue weighted by atomic mass is 14.9. The van der Waals surface area contributed by atoms with Crippen molar-refractivity contribution in [3.05, 3.63) is 0 Å². The van der Waals surface area contributed by atoms with Crippen molar-refractivity contribution in [3.8, 4) is 0 Å². The first-order chi connectivity index (χ1) is 5.57. The fourth-order valence-corrected chi connectivity index (χ4v) is 3.53. The number of nitrogens with one attached hydrogen (secondary N) is 1. The van der Waals surface area contributed by atoms with Crippen molar-refractivity contribution in [1.82, 2.24) is 5.32 Å². The van der Waals surface area contributed by atoms with E-state index < -0.39 is 0 Å². The molecule has 1 N–H and O–H groups in total. The lowest BCUT2D eigenvalue weighted by molar-refractivity contribution is -0.113. The van der Waals surface area contributed by atoms with E-state index in [4.69, 9.17) is 0 Å². The van der Waals surface area contributed by atoms with Crippen LogP contribution in [-0.2, 0) is 0 Å². The van der Waals surface area contributed by atoms with Gasteiger partial charge < -0.3 is 5.32 Å². The molecule has 0 amide bonds. The van der Waals surface area contributed by atoms with Gasteiger partial charge in [0.1, 0.15) is 0 Å². The van der Waals surface area contributed by atoms with E-state index in [-0.39, 0.29) is 0 Å². The van der Waals surface area contributed by atoms with Gasteiger partial charge in [-0.25, -0.2) is 0 Å². The molecule has 70 valence electrons.